The van der Waals surface area contributed by atoms with E-state index in [9.17, 15) is 0 Å². The Morgan fingerprint density at radius 3 is 2.31 bits per heavy atom. The van der Waals surface area contributed by atoms with E-state index in [1.54, 1.807) is 0 Å². The summed E-state index contributed by atoms with van der Waals surface area (Å²) in [5.74, 6) is 0.528. The number of rotatable bonds is 5. The first-order chi connectivity index (χ1) is 14.1. The van der Waals surface area contributed by atoms with E-state index in [1.807, 2.05) is 20.0 Å². The summed E-state index contributed by atoms with van der Waals surface area (Å²) in [6.07, 6.45) is 14.9. The lowest BCUT2D eigenvalue weighted by Crippen LogP contribution is -2.10. The van der Waals surface area contributed by atoms with Crippen LogP contribution in [0, 0.1) is 5.92 Å². The van der Waals surface area contributed by atoms with E-state index in [2.05, 4.69) is 83.2 Å². The van der Waals surface area contributed by atoms with Crippen LogP contribution in [-0.4, -0.2) is 4.98 Å². The maximum atomic E-state index is 4.75. The zero-order valence-electron chi connectivity index (χ0n) is 19.8. The smallest absolute Gasteiger partial charge is 0.0743 e. The van der Waals surface area contributed by atoms with Crippen molar-refractivity contribution in [1.29, 1.82) is 0 Å². The lowest BCUT2D eigenvalue weighted by Gasteiger charge is -2.25. The molecule has 0 spiro atoms. The maximum absolute atomic E-state index is 4.75. The minimum atomic E-state index is 0.528. The summed E-state index contributed by atoms with van der Waals surface area (Å²) in [7, 11) is 0. The minimum Gasteiger partial charge on any atom is -0.256 e. The molecule has 0 aliphatic heterocycles. The second-order valence-electron chi connectivity index (χ2n) is 7.46. The number of hydrogen-bond donors (Lipinski definition) is 0. The SMILES string of the molecule is CC.CCC=CCC1CC(C)=C(C)C=C1c1nccc2ccccc12.CCCC. The highest BCUT2D eigenvalue weighted by Crippen LogP contribution is 2.39. The summed E-state index contributed by atoms with van der Waals surface area (Å²) in [6, 6.07) is 10.7. The van der Waals surface area contributed by atoms with Crippen molar-refractivity contribution in [1.82, 2.24) is 4.98 Å². The molecule has 1 unspecified atom stereocenters. The second-order valence-corrected chi connectivity index (χ2v) is 7.46. The van der Waals surface area contributed by atoms with Crippen LogP contribution in [0.2, 0.25) is 0 Å². The topological polar surface area (TPSA) is 12.9 Å². The molecule has 0 saturated carbocycles. The van der Waals surface area contributed by atoms with Gasteiger partial charge in [-0.15, -0.1) is 0 Å². The van der Waals surface area contributed by atoms with Crippen LogP contribution in [0.1, 0.15) is 86.3 Å². The Bertz CT molecular complexity index is 816. The molecular weight excluding hydrogens is 350 g/mol. The Labute approximate surface area is 179 Å². The Kier molecular flexibility index (Phi) is 12.0. The first kappa shape index (κ1) is 24.9. The minimum absolute atomic E-state index is 0.528. The van der Waals surface area contributed by atoms with E-state index in [-0.39, 0.29) is 0 Å². The molecule has 1 aliphatic carbocycles. The number of allylic oxidation sites excluding steroid dienone is 6. The van der Waals surface area contributed by atoms with Crippen LogP contribution in [-0.2, 0) is 0 Å². The van der Waals surface area contributed by atoms with Crippen molar-refractivity contribution in [2.45, 2.75) is 80.6 Å². The van der Waals surface area contributed by atoms with Crippen molar-refractivity contribution < 1.29 is 0 Å². The van der Waals surface area contributed by atoms with Crippen LogP contribution in [0.4, 0.5) is 0 Å². The molecule has 1 heteroatoms. The van der Waals surface area contributed by atoms with E-state index in [0.29, 0.717) is 5.92 Å². The van der Waals surface area contributed by atoms with Gasteiger partial charge in [-0.1, -0.05) is 101 Å². The number of hydrogen-bond acceptors (Lipinski definition) is 1. The van der Waals surface area contributed by atoms with E-state index in [1.165, 1.54) is 40.3 Å². The maximum Gasteiger partial charge on any atom is 0.0743 e. The average Bonchev–Trinajstić information content (AvgIpc) is 2.77. The Balaban J connectivity index is 0.000000627. The summed E-state index contributed by atoms with van der Waals surface area (Å²) < 4.78 is 0. The van der Waals surface area contributed by atoms with Crippen LogP contribution in [0.5, 0.6) is 0 Å². The summed E-state index contributed by atoms with van der Waals surface area (Å²) in [6.45, 7) is 15.0. The van der Waals surface area contributed by atoms with Crippen LogP contribution in [0.15, 0.2) is 65.9 Å². The lowest BCUT2D eigenvalue weighted by molar-refractivity contribution is 0.658. The van der Waals surface area contributed by atoms with Gasteiger partial charge >= 0.3 is 0 Å². The summed E-state index contributed by atoms with van der Waals surface area (Å²) >= 11 is 0. The molecule has 1 aromatic heterocycles. The van der Waals surface area contributed by atoms with Crippen molar-refractivity contribution in [3.8, 4) is 0 Å². The predicted octanol–water partition coefficient (Wildman–Crippen LogP) is 9.16. The second kappa shape index (κ2) is 13.9. The monoisotopic (exact) mass is 391 g/mol. The molecule has 1 aliphatic rings. The van der Waals surface area contributed by atoms with Gasteiger partial charge in [0.1, 0.15) is 0 Å². The van der Waals surface area contributed by atoms with Crippen molar-refractivity contribution in [3.05, 3.63) is 71.6 Å². The normalized spacial score (nSPS) is 16.1. The van der Waals surface area contributed by atoms with Gasteiger partial charge in [0.05, 0.1) is 5.69 Å². The van der Waals surface area contributed by atoms with Gasteiger partial charge in [-0.25, -0.2) is 0 Å². The molecule has 0 bridgehead atoms. The fourth-order valence-corrected chi connectivity index (χ4v) is 3.36. The standard InChI is InChI=1S/C22H25N.C4H10.C2H6/c1-4-5-6-10-19-14-16(2)17(3)15-21(19)22-20-11-8-7-9-18(20)12-13-23-22;1-3-4-2;1-2/h5-9,11-13,15,19H,4,10,14H2,1-3H3;3-4H2,1-2H3;1-2H3. The number of aromatic nitrogens is 1. The molecule has 1 aromatic carbocycles. The Morgan fingerprint density at radius 1 is 0.966 bits per heavy atom. The zero-order valence-corrected chi connectivity index (χ0v) is 19.8. The number of pyridine rings is 1. The molecular formula is C28H41N. The molecule has 158 valence electrons. The van der Waals surface area contributed by atoms with Gasteiger partial charge in [-0.05, 0) is 56.1 Å². The summed E-state index contributed by atoms with van der Waals surface area (Å²) in [4.78, 5) is 4.75. The third kappa shape index (κ3) is 7.31. The van der Waals surface area contributed by atoms with Crippen LogP contribution < -0.4 is 0 Å². The quantitative estimate of drug-likeness (QED) is 0.463. The largest absolute Gasteiger partial charge is 0.256 e. The number of benzene rings is 1. The predicted molar refractivity (Wildman–Crippen MR) is 132 cm³/mol. The summed E-state index contributed by atoms with van der Waals surface area (Å²) in [5.41, 5.74) is 5.45. The zero-order chi connectivity index (χ0) is 21.6. The van der Waals surface area contributed by atoms with Gasteiger partial charge in [-0.2, -0.15) is 0 Å². The molecule has 0 amide bonds. The lowest BCUT2D eigenvalue weighted by atomic mass is 9.80. The van der Waals surface area contributed by atoms with Gasteiger partial charge in [-0.3, -0.25) is 4.98 Å². The van der Waals surface area contributed by atoms with Crippen LogP contribution >= 0.6 is 0 Å². The van der Waals surface area contributed by atoms with E-state index >= 15 is 0 Å². The molecule has 0 saturated heterocycles. The Morgan fingerprint density at radius 2 is 1.66 bits per heavy atom. The van der Waals surface area contributed by atoms with Gasteiger partial charge in [0, 0.05) is 11.6 Å². The Hall–Kier alpha value is -2.15. The number of fused-ring (bicyclic) bond motifs is 1. The van der Waals surface area contributed by atoms with Crippen molar-refractivity contribution >= 4 is 16.3 Å². The molecule has 0 N–H and O–H groups in total. The molecule has 0 radical (unpaired) electrons. The molecule has 0 fully saturated rings. The molecule has 2 aromatic rings. The van der Waals surface area contributed by atoms with Crippen molar-refractivity contribution in [2.75, 3.05) is 0 Å². The number of nitrogens with zero attached hydrogens (tertiary/aromatic N) is 1. The van der Waals surface area contributed by atoms with E-state index in [0.717, 1.165) is 25.0 Å². The highest BCUT2D eigenvalue weighted by molar-refractivity contribution is 5.93. The molecule has 3 rings (SSSR count). The van der Waals surface area contributed by atoms with Gasteiger partial charge in [0.2, 0.25) is 0 Å². The highest BCUT2D eigenvalue weighted by Gasteiger charge is 2.22. The number of unbranched alkanes of at least 4 members (excludes halogenated alkanes) is 1. The molecule has 1 nitrogen and oxygen atoms in total. The van der Waals surface area contributed by atoms with Gasteiger partial charge in [0.15, 0.2) is 0 Å². The van der Waals surface area contributed by atoms with Gasteiger partial charge < -0.3 is 0 Å². The highest BCUT2D eigenvalue weighted by atomic mass is 14.7. The first-order valence-electron chi connectivity index (χ1n) is 11.5. The first-order valence-corrected chi connectivity index (χ1v) is 11.5. The molecule has 29 heavy (non-hydrogen) atoms. The van der Waals surface area contributed by atoms with Crippen LogP contribution in [0.3, 0.4) is 0 Å². The summed E-state index contributed by atoms with van der Waals surface area (Å²) in [5, 5.41) is 2.53. The fraction of sp³-hybridized carbons (Fsp3) is 0.464. The van der Waals surface area contributed by atoms with E-state index in [4.69, 9.17) is 4.98 Å². The fourth-order valence-electron chi connectivity index (χ4n) is 3.36. The van der Waals surface area contributed by atoms with Gasteiger partial charge in [0.25, 0.3) is 0 Å². The van der Waals surface area contributed by atoms with Crippen molar-refractivity contribution in [2.24, 2.45) is 5.92 Å². The third-order valence-electron chi connectivity index (χ3n) is 5.31. The van der Waals surface area contributed by atoms with Crippen LogP contribution in [0.25, 0.3) is 16.3 Å². The van der Waals surface area contributed by atoms with E-state index < -0.39 is 0 Å². The third-order valence-corrected chi connectivity index (χ3v) is 5.31. The van der Waals surface area contributed by atoms with Crippen molar-refractivity contribution in [3.63, 3.8) is 0 Å². The molecule has 1 heterocycles. The molecule has 1 atom stereocenters. The average molecular weight is 392 g/mol.